The molecule has 4 rings (SSSR count). The van der Waals surface area contributed by atoms with Crippen molar-refractivity contribution in [3.8, 4) is 5.69 Å². The van der Waals surface area contributed by atoms with Gasteiger partial charge in [0.1, 0.15) is 6.33 Å². The van der Waals surface area contributed by atoms with Crippen LogP contribution in [0.4, 0.5) is 0 Å². The van der Waals surface area contributed by atoms with Crippen LogP contribution in [0.5, 0.6) is 0 Å². The van der Waals surface area contributed by atoms with E-state index in [1.54, 1.807) is 0 Å². The Balaban J connectivity index is 2.08. The van der Waals surface area contributed by atoms with Crippen LogP contribution in [0.25, 0.3) is 27.5 Å². The molecule has 0 aliphatic heterocycles. The molecule has 2 heteroatoms. The molecule has 0 atom stereocenters. The Morgan fingerprint density at radius 1 is 0.737 bits per heavy atom. The molecule has 0 saturated heterocycles. The summed E-state index contributed by atoms with van der Waals surface area (Å²) in [5, 5.41) is 2.43. The van der Waals surface area contributed by atoms with Gasteiger partial charge in [-0.1, -0.05) is 48.5 Å². The summed E-state index contributed by atoms with van der Waals surface area (Å²) in [6.45, 7) is 0. The molecular weight excluding hydrogens is 232 g/mol. The average molecular weight is 244 g/mol. The van der Waals surface area contributed by atoms with Crippen LogP contribution in [0, 0.1) is 0 Å². The Labute approximate surface area is 110 Å². The third kappa shape index (κ3) is 1.54. The number of hydrogen-bond donors (Lipinski definition) is 0. The molecule has 0 unspecified atom stereocenters. The summed E-state index contributed by atoms with van der Waals surface area (Å²) in [4.78, 5) is 4.59. The highest BCUT2D eigenvalue weighted by Gasteiger charge is 2.07. The summed E-state index contributed by atoms with van der Waals surface area (Å²) >= 11 is 0. The van der Waals surface area contributed by atoms with Crippen molar-refractivity contribution in [1.29, 1.82) is 0 Å². The van der Waals surface area contributed by atoms with E-state index in [-0.39, 0.29) is 0 Å². The first-order chi connectivity index (χ1) is 9.43. The van der Waals surface area contributed by atoms with Crippen molar-refractivity contribution in [2.24, 2.45) is 0 Å². The van der Waals surface area contributed by atoms with E-state index in [0.29, 0.717) is 0 Å². The molecule has 1 heterocycles. The van der Waals surface area contributed by atoms with E-state index in [9.17, 15) is 0 Å². The Bertz CT molecular complexity index is 860. The van der Waals surface area contributed by atoms with Gasteiger partial charge >= 0.3 is 0 Å². The Morgan fingerprint density at radius 3 is 2.42 bits per heavy atom. The van der Waals surface area contributed by atoms with Crippen molar-refractivity contribution in [3.63, 3.8) is 0 Å². The fourth-order valence-electron chi connectivity index (χ4n) is 2.55. The molecule has 3 aromatic carbocycles. The minimum atomic E-state index is 1.06. The lowest BCUT2D eigenvalue weighted by atomic mass is 10.1. The lowest BCUT2D eigenvalue weighted by molar-refractivity contribution is 1.09. The van der Waals surface area contributed by atoms with Crippen molar-refractivity contribution in [2.75, 3.05) is 0 Å². The molecule has 0 amide bonds. The van der Waals surface area contributed by atoms with Crippen molar-refractivity contribution < 1.29 is 0 Å². The molecule has 19 heavy (non-hydrogen) atoms. The Kier molecular flexibility index (Phi) is 2.15. The number of para-hydroxylation sites is 1. The molecule has 0 bridgehead atoms. The summed E-state index contributed by atoms with van der Waals surface area (Å²) in [6, 6.07) is 23.0. The summed E-state index contributed by atoms with van der Waals surface area (Å²) in [7, 11) is 0. The van der Waals surface area contributed by atoms with E-state index in [2.05, 4.69) is 58.1 Å². The summed E-state index contributed by atoms with van der Waals surface area (Å²) in [5.74, 6) is 0. The maximum atomic E-state index is 4.59. The maximum absolute atomic E-state index is 4.59. The molecule has 1 aromatic heterocycles. The minimum Gasteiger partial charge on any atom is -0.299 e. The predicted molar refractivity (Wildman–Crippen MR) is 78.6 cm³/mol. The molecule has 0 radical (unpaired) electrons. The minimum absolute atomic E-state index is 1.06. The first kappa shape index (κ1) is 10.3. The van der Waals surface area contributed by atoms with Gasteiger partial charge in [-0.15, -0.1) is 0 Å². The predicted octanol–water partition coefficient (Wildman–Crippen LogP) is 4.18. The quantitative estimate of drug-likeness (QED) is 0.491. The van der Waals surface area contributed by atoms with Crippen molar-refractivity contribution >= 4 is 21.8 Å². The van der Waals surface area contributed by atoms with E-state index < -0.39 is 0 Å². The van der Waals surface area contributed by atoms with Crippen LogP contribution in [-0.4, -0.2) is 9.55 Å². The number of aromatic nitrogens is 2. The van der Waals surface area contributed by atoms with Gasteiger partial charge in [0.15, 0.2) is 0 Å². The van der Waals surface area contributed by atoms with Gasteiger partial charge in [-0.3, -0.25) is 4.57 Å². The van der Waals surface area contributed by atoms with Crippen LogP contribution in [0.2, 0.25) is 0 Å². The molecule has 0 saturated carbocycles. The Morgan fingerprint density at radius 2 is 1.53 bits per heavy atom. The van der Waals surface area contributed by atoms with Crippen molar-refractivity contribution in [2.45, 2.75) is 0 Å². The maximum Gasteiger partial charge on any atom is 0.100 e. The number of imidazole rings is 1. The fourth-order valence-corrected chi connectivity index (χ4v) is 2.55. The summed E-state index contributed by atoms with van der Waals surface area (Å²) < 4.78 is 2.13. The van der Waals surface area contributed by atoms with Crippen LogP contribution in [0.3, 0.4) is 0 Å². The number of hydrogen-bond acceptors (Lipinski definition) is 1. The van der Waals surface area contributed by atoms with Crippen LogP contribution in [0.15, 0.2) is 73.1 Å². The smallest absolute Gasteiger partial charge is 0.100 e. The largest absolute Gasteiger partial charge is 0.299 e. The van der Waals surface area contributed by atoms with Gasteiger partial charge in [0.2, 0.25) is 0 Å². The molecule has 2 nitrogen and oxygen atoms in total. The second kappa shape index (κ2) is 3.95. The van der Waals surface area contributed by atoms with Crippen LogP contribution < -0.4 is 0 Å². The number of rotatable bonds is 1. The number of fused-ring (bicyclic) bond motifs is 3. The molecular formula is C17H12N2. The lowest BCUT2D eigenvalue weighted by Gasteiger charge is -2.04. The van der Waals surface area contributed by atoms with Gasteiger partial charge in [0, 0.05) is 11.1 Å². The van der Waals surface area contributed by atoms with Crippen LogP contribution >= 0.6 is 0 Å². The van der Waals surface area contributed by atoms with E-state index in [1.807, 2.05) is 24.5 Å². The summed E-state index contributed by atoms with van der Waals surface area (Å²) in [5.41, 5.74) is 3.34. The Hall–Kier alpha value is -2.61. The zero-order valence-corrected chi connectivity index (χ0v) is 10.3. The zero-order valence-electron chi connectivity index (χ0n) is 10.3. The fraction of sp³-hybridized carbons (Fsp3) is 0. The zero-order chi connectivity index (χ0) is 12.7. The highest BCUT2D eigenvalue weighted by molar-refractivity contribution is 6.04. The van der Waals surface area contributed by atoms with Crippen LogP contribution in [-0.2, 0) is 0 Å². The van der Waals surface area contributed by atoms with Gasteiger partial charge in [0.05, 0.1) is 11.0 Å². The van der Waals surface area contributed by atoms with Crippen LogP contribution in [0.1, 0.15) is 0 Å². The molecule has 0 N–H and O–H groups in total. The van der Waals surface area contributed by atoms with Crippen molar-refractivity contribution in [1.82, 2.24) is 9.55 Å². The third-order valence-electron chi connectivity index (χ3n) is 3.48. The second-order valence-corrected chi connectivity index (χ2v) is 4.60. The second-order valence-electron chi connectivity index (χ2n) is 4.60. The monoisotopic (exact) mass is 244 g/mol. The number of nitrogens with zero attached hydrogens (tertiary/aromatic N) is 2. The van der Waals surface area contributed by atoms with Gasteiger partial charge in [-0.05, 0) is 23.6 Å². The standard InChI is InChI=1S/C17H12N2/c1-2-7-14(8-3-1)19-12-18-17-15-9-5-4-6-13(15)10-11-16(17)19/h1-12H. The average Bonchev–Trinajstić information content (AvgIpc) is 2.92. The topological polar surface area (TPSA) is 17.8 Å². The van der Waals surface area contributed by atoms with Gasteiger partial charge in [0.25, 0.3) is 0 Å². The highest BCUT2D eigenvalue weighted by atomic mass is 15.0. The highest BCUT2D eigenvalue weighted by Crippen LogP contribution is 2.25. The molecule has 0 aliphatic carbocycles. The van der Waals surface area contributed by atoms with E-state index in [1.165, 1.54) is 10.8 Å². The molecule has 0 fully saturated rings. The number of benzene rings is 3. The third-order valence-corrected chi connectivity index (χ3v) is 3.48. The summed E-state index contributed by atoms with van der Waals surface area (Å²) in [6.07, 6.45) is 1.90. The molecule has 4 aromatic rings. The SMILES string of the molecule is c1ccc(-n2cnc3c4ccccc4ccc32)cc1. The van der Waals surface area contributed by atoms with E-state index in [4.69, 9.17) is 0 Å². The van der Waals surface area contributed by atoms with Gasteiger partial charge in [-0.2, -0.15) is 0 Å². The van der Waals surface area contributed by atoms with E-state index in [0.717, 1.165) is 16.7 Å². The lowest BCUT2D eigenvalue weighted by Crippen LogP contribution is -1.90. The normalized spacial score (nSPS) is 11.2. The first-order valence-corrected chi connectivity index (χ1v) is 6.34. The van der Waals surface area contributed by atoms with E-state index >= 15 is 0 Å². The first-order valence-electron chi connectivity index (χ1n) is 6.34. The molecule has 90 valence electrons. The molecule has 0 aliphatic rings. The van der Waals surface area contributed by atoms with Gasteiger partial charge in [-0.25, -0.2) is 4.98 Å². The van der Waals surface area contributed by atoms with Gasteiger partial charge < -0.3 is 0 Å². The molecule has 0 spiro atoms. The van der Waals surface area contributed by atoms with Crippen molar-refractivity contribution in [3.05, 3.63) is 73.1 Å².